The molecule has 10 heavy (non-hydrogen) atoms. The van der Waals surface area contributed by atoms with Crippen LogP contribution in [0.5, 0.6) is 0 Å². The fraction of sp³-hybridized carbons (Fsp3) is 0.375. The van der Waals surface area contributed by atoms with Crippen LogP contribution in [0.4, 0.5) is 0 Å². The molecule has 0 aliphatic carbocycles. The van der Waals surface area contributed by atoms with Gasteiger partial charge in [0.05, 0.1) is 6.04 Å². The average Bonchev–Trinajstić information content (AvgIpc) is 2.30. The van der Waals surface area contributed by atoms with Gasteiger partial charge in [-0.25, -0.2) is 0 Å². The Morgan fingerprint density at radius 1 is 1.60 bits per heavy atom. The normalized spacial score (nSPS) is 25.0. The summed E-state index contributed by atoms with van der Waals surface area (Å²) in [4.78, 5) is 12.6. The predicted octanol–water partition coefficient (Wildman–Crippen LogP) is 1.31. The Morgan fingerprint density at radius 3 is 2.70 bits per heavy atom. The van der Waals surface area contributed by atoms with Gasteiger partial charge in [-0.2, -0.15) is 0 Å². The highest BCUT2D eigenvalue weighted by Crippen LogP contribution is 2.18. The van der Waals surface area contributed by atoms with Crippen LogP contribution < -0.4 is 0 Å². The van der Waals surface area contributed by atoms with Crippen molar-refractivity contribution in [3.8, 4) is 0 Å². The van der Waals surface area contributed by atoms with Crippen LogP contribution in [0.15, 0.2) is 25.4 Å². The standard InChI is InChI=1S/C8H11NO/c1-3-7-5-6-8(10)9(7)4-2/h3-4,7H,1-2,5-6H2. The highest BCUT2D eigenvalue weighted by Gasteiger charge is 2.25. The first-order valence-corrected chi connectivity index (χ1v) is 3.36. The number of likely N-dealkylation sites (tertiary alicyclic amines) is 1. The summed E-state index contributed by atoms with van der Waals surface area (Å²) in [7, 11) is 0. The first-order chi connectivity index (χ1) is 4.79. The number of hydrogen-bond acceptors (Lipinski definition) is 1. The number of nitrogens with zero attached hydrogens (tertiary/aromatic N) is 1. The number of carbonyl (C=O) groups excluding carboxylic acids is 1. The lowest BCUT2D eigenvalue weighted by Gasteiger charge is -2.15. The maximum Gasteiger partial charge on any atom is 0.227 e. The third-order valence-corrected chi connectivity index (χ3v) is 1.77. The summed E-state index contributed by atoms with van der Waals surface area (Å²) in [5.41, 5.74) is 0. The van der Waals surface area contributed by atoms with E-state index in [1.54, 1.807) is 17.2 Å². The van der Waals surface area contributed by atoms with Crippen molar-refractivity contribution in [1.29, 1.82) is 0 Å². The summed E-state index contributed by atoms with van der Waals surface area (Å²) in [6.45, 7) is 7.18. The molecule has 0 bridgehead atoms. The molecule has 1 amide bonds. The van der Waals surface area contributed by atoms with Crippen molar-refractivity contribution in [3.05, 3.63) is 25.4 Å². The molecule has 1 aliphatic heterocycles. The molecule has 1 rings (SSSR count). The molecule has 0 spiro atoms. The Bertz CT molecular complexity index is 174. The third-order valence-electron chi connectivity index (χ3n) is 1.77. The Labute approximate surface area is 60.8 Å². The highest BCUT2D eigenvalue weighted by molar-refractivity contribution is 5.80. The van der Waals surface area contributed by atoms with Gasteiger partial charge >= 0.3 is 0 Å². The zero-order chi connectivity index (χ0) is 7.56. The molecule has 0 radical (unpaired) electrons. The van der Waals surface area contributed by atoms with E-state index in [0.717, 1.165) is 6.42 Å². The van der Waals surface area contributed by atoms with Crippen molar-refractivity contribution in [1.82, 2.24) is 4.90 Å². The highest BCUT2D eigenvalue weighted by atomic mass is 16.2. The van der Waals surface area contributed by atoms with E-state index in [1.165, 1.54) is 0 Å². The van der Waals surface area contributed by atoms with Crippen molar-refractivity contribution in [2.45, 2.75) is 18.9 Å². The summed E-state index contributed by atoms with van der Waals surface area (Å²) in [5, 5.41) is 0. The molecule has 0 N–H and O–H groups in total. The van der Waals surface area contributed by atoms with Gasteiger partial charge < -0.3 is 4.90 Å². The van der Waals surface area contributed by atoms with Gasteiger partial charge in [0, 0.05) is 12.6 Å². The molecule has 0 aromatic heterocycles. The second kappa shape index (κ2) is 2.69. The summed E-state index contributed by atoms with van der Waals surface area (Å²) >= 11 is 0. The van der Waals surface area contributed by atoms with Crippen molar-refractivity contribution in [2.24, 2.45) is 0 Å². The average molecular weight is 137 g/mol. The predicted molar refractivity (Wildman–Crippen MR) is 40.3 cm³/mol. The molecule has 1 atom stereocenters. The van der Waals surface area contributed by atoms with Crippen molar-refractivity contribution < 1.29 is 4.79 Å². The quantitative estimate of drug-likeness (QED) is 0.525. The molecule has 2 nitrogen and oxygen atoms in total. The van der Waals surface area contributed by atoms with E-state index in [4.69, 9.17) is 0 Å². The topological polar surface area (TPSA) is 20.3 Å². The molecular formula is C8H11NO. The van der Waals surface area contributed by atoms with Gasteiger partial charge in [-0.3, -0.25) is 4.79 Å². The molecule has 54 valence electrons. The molecule has 1 saturated heterocycles. The van der Waals surface area contributed by atoms with Gasteiger partial charge in [0.25, 0.3) is 0 Å². The van der Waals surface area contributed by atoms with Crippen LogP contribution in [0, 0.1) is 0 Å². The van der Waals surface area contributed by atoms with Crippen LogP contribution in [0.2, 0.25) is 0 Å². The summed E-state index contributed by atoms with van der Waals surface area (Å²) in [6, 6.07) is 0.185. The Hall–Kier alpha value is -1.05. The maximum absolute atomic E-state index is 11.0. The van der Waals surface area contributed by atoms with Gasteiger partial charge in [-0.1, -0.05) is 12.7 Å². The van der Waals surface area contributed by atoms with E-state index < -0.39 is 0 Å². The monoisotopic (exact) mass is 137 g/mol. The lowest BCUT2D eigenvalue weighted by Crippen LogP contribution is -2.25. The van der Waals surface area contributed by atoms with Crippen LogP contribution in [-0.2, 0) is 4.79 Å². The van der Waals surface area contributed by atoms with Gasteiger partial charge in [-0.05, 0) is 6.42 Å². The zero-order valence-corrected chi connectivity index (χ0v) is 5.92. The van der Waals surface area contributed by atoms with Crippen molar-refractivity contribution in [2.75, 3.05) is 0 Å². The lowest BCUT2D eigenvalue weighted by molar-refractivity contribution is -0.126. The number of amides is 1. The SMILES string of the molecule is C=CC1CCC(=O)N1C=C. The number of rotatable bonds is 2. The first-order valence-electron chi connectivity index (χ1n) is 3.36. The van der Waals surface area contributed by atoms with Crippen LogP contribution in [-0.4, -0.2) is 16.8 Å². The van der Waals surface area contributed by atoms with Crippen LogP contribution >= 0.6 is 0 Å². The molecule has 0 saturated carbocycles. The number of carbonyl (C=O) groups is 1. The van der Waals surface area contributed by atoms with Gasteiger partial charge in [0.15, 0.2) is 0 Å². The molecule has 1 aliphatic rings. The fourth-order valence-electron chi connectivity index (χ4n) is 1.19. The van der Waals surface area contributed by atoms with Crippen LogP contribution in [0.3, 0.4) is 0 Å². The second-order valence-corrected chi connectivity index (χ2v) is 2.33. The Kier molecular flexibility index (Phi) is 1.90. The van der Waals surface area contributed by atoms with Crippen LogP contribution in [0.25, 0.3) is 0 Å². The van der Waals surface area contributed by atoms with Crippen LogP contribution in [0.1, 0.15) is 12.8 Å². The van der Waals surface area contributed by atoms with Gasteiger partial charge in [0.2, 0.25) is 5.91 Å². The number of hydrogen-bond donors (Lipinski definition) is 0. The molecular weight excluding hydrogens is 126 g/mol. The minimum atomic E-state index is 0.153. The summed E-state index contributed by atoms with van der Waals surface area (Å²) in [5.74, 6) is 0.153. The zero-order valence-electron chi connectivity index (χ0n) is 5.92. The second-order valence-electron chi connectivity index (χ2n) is 2.33. The molecule has 0 aromatic carbocycles. The molecule has 1 fully saturated rings. The van der Waals surface area contributed by atoms with Crippen molar-refractivity contribution >= 4 is 5.91 Å². The van der Waals surface area contributed by atoms with E-state index in [9.17, 15) is 4.79 Å². The summed E-state index contributed by atoms with van der Waals surface area (Å²) in [6.07, 6.45) is 4.87. The minimum Gasteiger partial charge on any atom is -0.313 e. The van der Waals surface area contributed by atoms with E-state index in [2.05, 4.69) is 13.2 Å². The van der Waals surface area contributed by atoms with E-state index >= 15 is 0 Å². The molecule has 2 heteroatoms. The van der Waals surface area contributed by atoms with Gasteiger partial charge in [-0.15, -0.1) is 6.58 Å². The van der Waals surface area contributed by atoms with E-state index in [0.29, 0.717) is 6.42 Å². The smallest absolute Gasteiger partial charge is 0.227 e. The fourth-order valence-corrected chi connectivity index (χ4v) is 1.19. The lowest BCUT2D eigenvalue weighted by atomic mass is 10.2. The Morgan fingerprint density at radius 2 is 2.30 bits per heavy atom. The minimum absolute atomic E-state index is 0.153. The first kappa shape index (κ1) is 7.06. The van der Waals surface area contributed by atoms with Crippen molar-refractivity contribution in [3.63, 3.8) is 0 Å². The molecule has 1 unspecified atom stereocenters. The third kappa shape index (κ3) is 0.967. The molecule has 0 aromatic rings. The van der Waals surface area contributed by atoms with E-state index in [-0.39, 0.29) is 11.9 Å². The largest absolute Gasteiger partial charge is 0.313 e. The van der Waals surface area contributed by atoms with Gasteiger partial charge in [0.1, 0.15) is 0 Å². The maximum atomic E-state index is 11.0. The summed E-state index contributed by atoms with van der Waals surface area (Å²) < 4.78 is 0. The molecule has 1 heterocycles. The Balaban J connectivity index is 2.71. The van der Waals surface area contributed by atoms with E-state index in [1.807, 2.05) is 0 Å².